The van der Waals surface area contributed by atoms with Gasteiger partial charge in [0, 0.05) is 38.6 Å². The van der Waals surface area contributed by atoms with Gasteiger partial charge in [-0.05, 0) is 112 Å². The van der Waals surface area contributed by atoms with Crippen LogP contribution in [0.2, 0.25) is 0 Å². The third-order valence-electron chi connectivity index (χ3n) is 12.1. The van der Waals surface area contributed by atoms with E-state index in [1.54, 1.807) is 0 Å². The molecule has 0 saturated heterocycles. The van der Waals surface area contributed by atoms with Crippen LogP contribution in [-0.4, -0.2) is 4.57 Å². The van der Waals surface area contributed by atoms with Gasteiger partial charge in [-0.3, -0.25) is 0 Å². The summed E-state index contributed by atoms with van der Waals surface area (Å²) in [6.07, 6.45) is 0. The zero-order chi connectivity index (χ0) is 37.2. The normalized spacial score (nSPS) is 12.9. The fourth-order valence-electron chi connectivity index (χ4n) is 9.35. The molecule has 11 rings (SSSR count). The van der Waals surface area contributed by atoms with Crippen LogP contribution in [0.3, 0.4) is 0 Å². The van der Waals surface area contributed by atoms with Gasteiger partial charge in [-0.15, -0.1) is 0 Å². The van der Waals surface area contributed by atoms with E-state index in [9.17, 15) is 0 Å². The molecule has 1 aliphatic rings. The molecule has 0 saturated carbocycles. The number of benzene rings is 9. The van der Waals surface area contributed by atoms with Crippen molar-refractivity contribution in [2.24, 2.45) is 0 Å². The maximum absolute atomic E-state index is 2.41. The first-order valence-electron chi connectivity index (χ1n) is 19.4. The van der Waals surface area contributed by atoms with E-state index in [0.29, 0.717) is 0 Å². The van der Waals surface area contributed by atoms with E-state index in [1.165, 1.54) is 77.2 Å². The number of nitrogens with zero attached hydrogens (tertiary/aromatic N) is 2. The number of anilines is 3. The van der Waals surface area contributed by atoms with Gasteiger partial charge < -0.3 is 9.47 Å². The van der Waals surface area contributed by atoms with Crippen LogP contribution in [0.15, 0.2) is 212 Å². The summed E-state index contributed by atoms with van der Waals surface area (Å²) in [7, 11) is 0. The van der Waals surface area contributed by atoms with E-state index in [2.05, 4.69) is 229 Å². The molecule has 1 aromatic heterocycles. The topological polar surface area (TPSA) is 8.17 Å². The van der Waals surface area contributed by atoms with Crippen LogP contribution in [0.1, 0.15) is 23.6 Å². The molecule has 1 aliphatic carbocycles. The molecule has 0 amide bonds. The number of aromatic nitrogens is 1. The van der Waals surface area contributed by atoms with Gasteiger partial charge in [-0.1, -0.05) is 152 Å². The van der Waals surface area contributed by atoms with E-state index < -0.39 is 0 Å². The standard InChI is InChI=1S/C54H38N2/c1-54(49-22-10-7-19-45(49)46-20-8-11-23-50(46)54)40-29-33-43(34-30-40)55(51-25-13-15-38-14-5-6-18-44(38)51)42-31-26-37(27-32-42)39-28-35-53-48(36-39)47-21-9-12-24-52(47)56(53)41-16-3-2-4-17-41/h2-36H,1H3. The second-order valence-electron chi connectivity index (χ2n) is 15.1. The molecule has 2 heteroatoms. The van der Waals surface area contributed by atoms with Crippen molar-refractivity contribution in [2.75, 3.05) is 4.90 Å². The maximum Gasteiger partial charge on any atom is 0.0541 e. The number of hydrogen-bond donors (Lipinski definition) is 0. The lowest BCUT2D eigenvalue weighted by Gasteiger charge is -2.30. The van der Waals surface area contributed by atoms with Crippen molar-refractivity contribution in [3.8, 4) is 27.9 Å². The highest BCUT2D eigenvalue weighted by Crippen LogP contribution is 2.52. The Morgan fingerprint density at radius 2 is 0.964 bits per heavy atom. The lowest BCUT2D eigenvalue weighted by molar-refractivity contribution is 0.714. The molecular weight excluding hydrogens is 677 g/mol. The predicted molar refractivity (Wildman–Crippen MR) is 236 cm³/mol. The van der Waals surface area contributed by atoms with E-state index in [0.717, 1.165) is 17.1 Å². The van der Waals surface area contributed by atoms with Crippen molar-refractivity contribution < 1.29 is 0 Å². The number of para-hydroxylation sites is 2. The minimum Gasteiger partial charge on any atom is -0.310 e. The van der Waals surface area contributed by atoms with E-state index >= 15 is 0 Å². The summed E-state index contributed by atoms with van der Waals surface area (Å²) in [5, 5.41) is 4.95. The fourth-order valence-corrected chi connectivity index (χ4v) is 9.35. The number of fused-ring (bicyclic) bond motifs is 7. The van der Waals surface area contributed by atoms with Gasteiger partial charge in [-0.2, -0.15) is 0 Å². The Labute approximate surface area is 327 Å². The minimum absolute atomic E-state index is 0.244. The third kappa shape index (κ3) is 4.89. The van der Waals surface area contributed by atoms with E-state index in [-0.39, 0.29) is 5.41 Å². The smallest absolute Gasteiger partial charge is 0.0541 e. The van der Waals surface area contributed by atoms with Crippen molar-refractivity contribution >= 4 is 49.6 Å². The SMILES string of the molecule is CC1(c2ccc(N(c3ccc(-c4ccc5c(c4)c4ccccc4n5-c4ccccc4)cc3)c3cccc4ccccc34)cc2)c2ccccc2-c2ccccc21. The molecule has 1 heterocycles. The monoisotopic (exact) mass is 714 g/mol. The lowest BCUT2D eigenvalue weighted by atomic mass is 9.74. The van der Waals surface area contributed by atoms with E-state index in [1.807, 2.05) is 0 Å². The second kappa shape index (κ2) is 12.7. The molecule has 0 N–H and O–H groups in total. The Hall–Kier alpha value is -7.16. The molecule has 0 unspecified atom stereocenters. The van der Waals surface area contributed by atoms with Crippen LogP contribution in [0.5, 0.6) is 0 Å². The molecule has 9 aromatic carbocycles. The molecular formula is C54H38N2. The second-order valence-corrected chi connectivity index (χ2v) is 15.1. The van der Waals surface area contributed by atoms with Crippen LogP contribution >= 0.6 is 0 Å². The highest BCUT2D eigenvalue weighted by molar-refractivity contribution is 6.10. The quantitative estimate of drug-likeness (QED) is 0.166. The van der Waals surface area contributed by atoms with Gasteiger partial charge in [0.2, 0.25) is 0 Å². The van der Waals surface area contributed by atoms with Gasteiger partial charge in [0.05, 0.1) is 16.7 Å². The molecule has 0 radical (unpaired) electrons. The van der Waals surface area contributed by atoms with Gasteiger partial charge in [-0.25, -0.2) is 0 Å². The van der Waals surface area contributed by atoms with Crippen LogP contribution in [0.25, 0.3) is 60.5 Å². The molecule has 10 aromatic rings. The van der Waals surface area contributed by atoms with Gasteiger partial charge in [0.1, 0.15) is 0 Å². The van der Waals surface area contributed by atoms with Crippen LogP contribution in [0, 0.1) is 0 Å². The predicted octanol–water partition coefficient (Wildman–Crippen LogP) is 14.4. The summed E-state index contributed by atoms with van der Waals surface area (Å²) in [4.78, 5) is 2.41. The summed E-state index contributed by atoms with van der Waals surface area (Å²) in [6.45, 7) is 2.38. The summed E-state index contributed by atoms with van der Waals surface area (Å²) in [5.41, 5.74) is 15.8. The summed E-state index contributed by atoms with van der Waals surface area (Å²) >= 11 is 0. The maximum atomic E-state index is 2.41. The van der Waals surface area contributed by atoms with Crippen LogP contribution < -0.4 is 4.90 Å². The first kappa shape index (κ1) is 32.3. The first-order chi connectivity index (χ1) is 27.7. The van der Waals surface area contributed by atoms with Crippen molar-refractivity contribution in [2.45, 2.75) is 12.3 Å². The van der Waals surface area contributed by atoms with Crippen molar-refractivity contribution in [1.29, 1.82) is 0 Å². The molecule has 0 atom stereocenters. The molecule has 0 bridgehead atoms. The van der Waals surface area contributed by atoms with Crippen molar-refractivity contribution in [1.82, 2.24) is 4.57 Å². The van der Waals surface area contributed by atoms with Gasteiger partial charge >= 0.3 is 0 Å². The average Bonchev–Trinajstić information content (AvgIpc) is 3.74. The summed E-state index contributed by atoms with van der Waals surface area (Å²) in [6, 6.07) is 77.7. The molecule has 0 fully saturated rings. The van der Waals surface area contributed by atoms with Crippen LogP contribution in [0.4, 0.5) is 17.1 Å². The van der Waals surface area contributed by atoms with Crippen molar-refractivity contribution in [3.63, 3.8) is 0 Å². The molecule has 2 nitrogen and oxygen atoms in total. The molecule has 0 spiro atoms. The Kier molecular flexibility index (Phi) is 7.33. The fraction of sp³-hybridized carbons (Fsp3) is 0.0370. The zero-order valence-electron chi connectivity index (χ0n) is 31.1. The molecule has 56 heavy (non-hydrogen) atoms. The van der Waals surface area contributed by atoms with Gasteiger partial charge in [0.15, 0.2) is 0 Å². The molecule has 0 aliphatic heterocycles. The Bertz CT molecular complexity index is 3030. The number of rotatable bonds is 6. The molecule has 264 valence electrons. The van der Waals surface area contributed by atoms with E-state index in [4.69, 9.17) is 0 Å². The van der Waals surface area contributed by atoms with Crippen LogP contribution in [-0.2, 0) is 5.41 Å². The summed E-state index contributed by atoms with van der Waals surface area (Å²) < 4.78 is 2.37. The highest BCUT2D eigenvalue weighted by Gasteiger charge is 2.40. The highest BCUT2D eigenvalue weighted by atomic mass is 15.1. The lowest BCUT2D eigenvalue weighted by Crippen LogP contribution is -2.22. The minimum atomic E-state index is -0.244. The Morgan fingerprint density at radius 1 is 0.411 bits per heavy atom. The van der Waals surface area contributed by atoms with Gasteiger partial charge in [0.25, 0.3) is 0 Å². The Balaban J connectivity index is 1.01. The number of hydrogen-bond acceptors (Lipinski definition) is 1. The average molecular weight is 715 g/mol. The first-order valence-corrected chi connectivity index (χ1v) is 19.4. The largest absolute Gasteiger partial charge is 0.310 e. The zero-order valence-corrected chi connectivity index (χ0v) is 31.1. The summed E-state index contributed by atoms with van der Waals surface area (Å²) in [5.74, 6) is 0. The Morgan fingerprint density at radius 3 is 1.70 bits per heavy atom. The van der Waals surface area contributed by atoms with Crippen molar-refractivity contribution in [3.05, 3.63) is 229 Å². The third-order valence-corrected chi connectivity index (χ3v) is 12.1.